The summed E-state index contributed by atoms with van der Waals surface area (Å²) in [6.45, 7) is 4.25. The normalized spacial score (nSPS) is 18.7. The van der Waals surface area contributed by atoms with Gasteiger partial charge in [-0.3, -0.25) is 14.9 Å². The molecule has 1 saturated heterocycles. The van der Waals surface area contributed by atoms with Crippen molar-refractivity contribution >= 4 is 17.3 Å². The first-order chi connectivity index (χ1) is 9.52. The van der Waals surface area contributed by atoms with Crippen molar-refractivity contribution in [2.45, 2.75) is 13.0 Å². The minimum Gasteiger partial charge on any atom is -0.363 e. The molecule has 1 heterocycles. The number of benzene rings is 1. The van der Waals surface area contributed by atoms with Crippen molar-refractivity contribution in [2.75, 3.05) is 31.6 Å². The molecule has 0 aromatic heterocycles. The van der Waals surface area contributed by atoms with Gasteiger partial charge in [0.25, 0.3) is 11.6 Å². The van der Waals surface area contributed by atoms with Crippen LogP contribution in [0.2, 0.25) is 0 Å². The van der Waals surface area contributed by atoms with Crippen LogP contribution in [-0.2, 0) is 0 Å². The summed E-state index contributed by atoms with van der Waals surface area (Å²) in [4.78, 5) is 24.4. The molecule has 0 saturated carbocycles. The highest BCUT2D eigenvalue weighted by Crippen LogP contribution is 2.30. The van der Waals surface area contributed by atoms with Crippen molar-refractivity contribution in [1.29, 1.82) is 0 Å². The number of hydrogen-bond donors (Lipinski definition) is 2. The topological polar surface area (TPSA) is 87.5 Å². The van der Waals surface area contributed by atoms with Crippen molar-refractivity contribution < 1.29 is 9.72 Å². The third-order valence-corrected chi connectivity index (χ3v) is 3.37. The van der Waals surface area contributed by atoms with Gasteiger partial charge in [-0.25, -0.2) is 0 Å². The van der Waals surface area contributed by atoms with E-state index in [1.807, 2.05) is 11.8 Å². The Hall–Kier alpha value is -2.15. The quantitative estimate of drug-likeness (QED) is 0.629. The lowest BCUT2D eigenvalue weighted by molar-refractivity contribution is -0.384. The number of nitro benzene ring substituents is 1. The Bertz CT molecular complexity index is 532. The Labute approximate surface area is 117 Å². The Morgan fingerprint density at radius 2 is 2.30 bits per heavy atom. The predicted molar refractivity (Wildman–Crippen MR) is 76.2 cm³/mol. The summed E-state index contributed by atoms with van der Waals surface area (Å²) in [7, 11) is 1.50. The van der Waals surface area contributed by atoms with Crippen molar-refractivity contribution in [3.63, 3.8) is 0 Å². The number of piperazine rings is 1. The zero-order chi connectivity index (χ0) is 14.7. The lowest BCUT2D eigenvalue weighted by Crippen LogP contribution is -2.49. The Kier molecular flexibility index (Phi) is 4.19. The van der Waals surface area contributed by atoms with Crippen LogP contribution in [-0.4, -0.2) is 43.6 Å². The summed E-state index contributed by atoms with van der Waals surface area (Å²) in [5.41, 5.74) is 0.835. The highest BCUT2D eigenvalue weighted by Gasteiger charge is 2.24. The highest BCUT2D eigenvalue weighted by atomic mass is 16.6. The number of anilines is 1. The third kappa shape index (κ3) is 2.88. The first-order valence-electron chi connectivity index (χ1n) is 6.51. The smallest absolute Gasteiger partial charge is 0.293 e. The van der Waals surface area contributed by atoms with Gasteiger partial charge in [-0.1, -0.05) is 0 Å². The summed E-state index contributed by atoms with van der Waals surface area (Å²) in [6.07, 6.45) is 0. The summed E-state index contributed by atoms with van der Waals surface area (Å²) in [5.74, 6) is -0.326. The van der Waals surface area contributed by atoms with Crippen LogP contribution >= 0.6 is 0 Å². The van der Waals surface area contributed by atoms with Crippen LogP contribution in [0.1, 0.15) is 17.3 Å². The summed E-state index contributed by atoms with van der Waals surface area (Å²) in [5, 5.41) is 17.0. The number of carbonyl (C=O) groups is 1. The van der Waals surface area contributed by atoms with Crippen molar-refractivity contribution in [2.24, 2.45) is 0 Å². The predicted octanol–water partition coefficient (Wildman–Crippen LogP) is 0.753. The van der Waals surface area contributed by atoms with E-state index >= 15 is 0 Å². The monoisotopic (exact) mass is 278 g/mol. The summed E-state index contributed by atoms with van der Waals surface area (Å²) >= 11 is 0. The second-order valence-corrected chi connectivity index (χ2v) is 4.84. The number of hydrogen-bond acceptors (Lipinski definition) is 5. The van der Waals surface area contributed by atoms with Gasteiger partial charge in [-0.05, 0) is 19.1 Å². The fraction of sp³-hybridized carbons (Fsp3) is 0.462. The van der Waals surface area contributed by atoms with Gasteiger partial charge < -0.3 is 15.5 Å². The Balaban J connectivity index is 2.37. The van der Waals surface area contributed by atoms with E-state index in [0.717, 1.165) is 6.54 Å². The maximum Gasteiger partial charge on any atom is 0.293 e. The molecule has 7 nitrogen and oxygen atoms in total. The van der Waals surface area contributed by atoms with E-state index in [-0.39, 0.29) is 17.6 Å². The first kappa shape index (κ1) is 14.3. The van der Waals surface area contributed by atoms with E-state index in [1.54, 1.807) is 12.1 Å². The summed E-state index contributed by atoms with van der Waals surface area (Å²) in [6, 6.07) is 4.89. The molecule has 0 unspecified atom stereocenters. The number of carbonyl (C=O) groups excluding carboxylic acids is 1. The van der Waals surface area contributed by atoms with Crippen LogP contribution in [0.5, 0.6) is 0 Å². The lowest BCUT2D eigenvalue weighted by atomic mass is 10.1. The molecule has 1 amide bonds. The molecule has 0 radical (unpaired) electrons. The van der Waals surface area contributed by atoms with Gasteiger partial charge in [0.15, 0.2) is 0 Å². The molecule has 108 valence electrons. The van der Waals surface area contributed by atoms with Crippen molar-refractivity contribution in [1.82, 2.24) is 10.6 Å². The van der Waals surface area contributed by atoms with E-state index in [1.165, 1.54) is 13.1 Å². The van der Waals surface area contributed by atoms with Gasteiger partial charge >= 0.3 is 0 Å². The fourth-order valence-electron chi connectivity index (χ4n) is 2.37. The molecule has 0 aliphatic carbocycles. The number of nitrogens with zero attached hydrogens (tertiary/aromatic N) is 2. The number of amides is 1. The van der Waals surface area contributed by atoms with Crippen LogP contribution in [0, 0.1) is 10.1 Å². The Morgan fingerprint density at radius 3 is 2.90 bits per heavy atom. The fourth-order valence-corrected chi connectivity index (χ4v) is 2.37. The van der Waals surface area contributed by atoms with Crippen LogP contribution in [0.15, 0.2) is 18.2 Å². The van der Waals surface area contributed by atoms with E-state index < -0.39 is 4.92 Å². The maximum atomic E-state index is 11.6. The second kappa shape index (κ2) is 5.87. The number of rotatable bonds is 3. The summed E-state index contributed by atoms with van der Waals surface area (Å²) < 4.78 is 0. The minimum atomic E-state index is -0.436. The van der Waals surface area contributed by atoms with E-state index in [2.05, 4.69) is 10.6 Å². The SMILES string of the molecule is CNC(=O)c1ccc(N2CCN[C@H](C)C2)c([N+](=O)[O-])c1. The lowest BCUT2D eigenvalue weighted by Gasteiger charge is -2.33. The largest absolute Gasteiger partial charge is 0.363 e. The number of nitrogens with one attached hydrogen (secondary N) is 2. The minimum absolute atomic E-state index is 0.0276. The zero-order valence-corrected chi connectivity index (χ0v) is 11.5. The van der Waals surface area contributed by atoms with E-state index in [9.17, 15) is 14.9 Å². The molecule has 20 heavy (non-hydrogen) atoms. The highest BCUT2D eigenvalue weighted by molar-refractivity contribution is 5.95. The maximum absolute atomic E-state index is 11.6. The number of nitro groups is 1. The van der Waals surface area contributed by atoms with Crippen LogP contribution in [0.25, 0.3) is 0 Å². The first-order valence-corrected chi connectivity index (χ1v) is 6.51. The Morgan fingerprint density at radius 1 is 1.55 bits per heavy atom. The second-order valence-electron chi connectivity index (χ2n) is 4.84. The molecule has 7 heteroatoms. The molecule has 1 aliphatic rings. The van der Waals surface area contributed by atoms with Gasteiger partial charge in [-0.2, -0.15) is 0 Å². The van der Waals surface area contributed by atoms with Gasteiger partial charge in [0, 0.05) is 44.4 Å². The average molecular weight is 278 g/mol. The van der Waals surface area contributed by atoms with Crippen LogP contribution in [0.4, 0.5) is 11.4 Å². The van der Waals surface area contributed by atoms with Gasteiger partial charge in [0.1, 0.15) is 5.69 Å². The standard InChI is InChI=1S/C13H18N4O3/c1-9-8-16(6-5-15-9)11-4-3-10(13(18)14-2)7-12(11)17(19)20/h3-4,7,9,15H,5-6,8H2,1-2H3,(H,14,18)/t9-/m1/s1. The van der Waals surface area contributed by atoms with E-state index in [4.69, 9.17) is 0 Å². The molecular formula is C13H18N4O3. The van der Waals surface area contributed by atoms with Gasteiger partial charge in [0.05, 0.1) is 4.92 Å². The third-order valence-electron chi connectivity index (χ3n) is 3.37. The molecule has 1 aliphatic heterocycles. The molecule has 0 bridgehead atoms. The molecular weight excluding hydrogens is 260 g/mol. The molecule has 0 spiro atoms. The van der Waals surface area contributed by atoms with Gasteiger partial charge in [-0.15, -0.1) is 0 Å². The van der Waals surface area contributed by atoms with Gasteiger partial charge in [0.2, 0.25) is 0 Å². The molecule has 2 rings (SSSR count). The molecule has 1 aromatic carbocycles. The van der Waals surface area contributed by atoms with E-state index in [0.29, 0.717) is 24.3 Å². The molecule has 1 fully saturated rings. The molecule has 1 atom stereocenters. The van der Waals surface area contributed by atoms with Crippen LogP contribution in [0.3, 0.4) is 0 Å². The zero-order valence-electron chi connectivity index (χ0n) is 11.5. The molecule has 1 aromatic rings. The van der Waals surface area contributed by atoms with Crippen molar-refractivity contribution in [3.8, 4) is 0 Å². The molecule has 2 N–H and O–H groups in total. The van der Waals surface area contributed by atoms with Crippen LogP contribution < -0.4 is 15.5 Å². The average Bonchev–Trinajstić information content (AvgIpc) is 2.45. The van der Waals surface area contributed by atoms with Crippen molar-refractivity contribution in [3.05, 3.63) is 33.9 Å².